The van der Waals surface area contributed by atoms with Crippen molar-refractivity contribution in [1.82, 2.24) is 9.88 Å². The predicted octanol–water partition coefficient (Wildman–Crippen LogP) is 1.67. The molecule has 0 saturated carbocycles. The van der Waals surface area contributed by atoms with Crippen LogP contribution in [0.1, 0.15) is 18.4 Å². The van der Waals surface area contributed by atoms with Crippen molar-refractivity contribution in [3.63, 3.8) is 0 Å². The van der Waals surface area contributed by atoms with Gasteiger partial charge in [-0.25, -0.2) is 4.79 Å². The largest absolute Gasteiger partial charge is 0.419 e. The quantitative estimate of drug-likeness (QED) is 0.801. The Bertz CT molecular complexity index is 554. The lowest BCUT2D eigenvalue weighted by Crippen LogP contribution is -2.08. The number of rotatable bonds is 5. The van der Waals surface area contributed by atoms with Crippen LogP contribution in [0.3, 0.4) is 0 Å². The molecule has 0 aliphatic heterocycles. The van der Waals surface area contributed by atoms with Crippen LogP contribution in [-0.4, -0.2) is 18.2 Å². The molecule has 0 fully saturated rings. The van der Waals surface area contributed by atoms with E-state index in [0.717, 1.165) is 31.3 Å². The average Bonchev–Trinajstić information content (AvgIpc) is 2.61. The second-order valence-corrected chi connectivity index (χ2v) is 4.29. The van der Waals surface area contributed by atoms with E-state index in [0.29, 0.717) is 5.58 Å². The van der Waals surface area contributed by atoms with E-state index < -0.39 is 0 Å². The first kappa shape index (κ1) is 11.9. The van der Waals surface area contributed by atoms with E-state index in [9.17, 15) is 4.79 Å². The molecule has 0 atom stereocenters. The Morgan fingerprint density at radius 1 is 1.35 bits per heavy atom. The zero-order valence-electron chi connectivity index (χ0n) is 10.3. The van der Waals surface area contributed by atoms with Crippen molar-refractivity contribution in [2.24, 2.45) is 7.05 Å². The highest BCUT2D eigenvalue weighted by Gasteiger charge is 2.05. The normalized spacial score (nSPS) is 11.2. The molecular formula is C13H18N2O2. The Balaban J connectivity index is 2.12. The lowest BCUT2D eigenvalue weighted by atomic mass is 10.1. The molecule has 1 heterocycles. The number of unbranched alkanes of at least 4 members (excludes halogenated alkanes) is 1. The third-order valence-electron chi connectivity index (χ3n) is 3.00. The molecule has 17 heavy (non-hydrogen) atoms. The topological polar surface area (TPSA) is 47.2 Å². The van der Waals surface area contributed by atoms with Gasteiger partial charge in [0.05, 0.1) is 5.52 Å². The van der Waals surface area contributed by atoms with Crippen molar-refractivity contribution in [1.29, 1.82) is 0 Å². The molecule has 0 aliphatic rings. The Morgan fingerprint density at radius 2 is 2.18 bits per heavy atom. The number of aryl methyl sites for hydroxylation is 2. The van der Waals surface area contributed by atoms with Crippen LogP contribution in [-0.2, 0) is 13.5 Å². The fraction of sp³-hybridized carbons (Fsp3) is 0.462. The minimum Gasteiger partial charge on any atom is -0.408 e. The van der Waals surface area contributed by atoms with Crippen LogP contribution in [0.5, 0.6) is 0 Å². The lowest BCUT2D eigenvalue weighted by Gasteiger charge is -2.01. The third kappa shape index (κ3) is 2.58. The van der Waals surface area contributed by atoms with Crippen LogP contribution in [0.15, 0.2) is 27.4 Å². The summed E-state index contributed by atoms with van der Waals surface area (Å²) >= 11 is 0. The molecule has 1 N–H and O–H groups in total. The molecule has 4 heteroatoms. The highest BCUT2D eigenvalue weighted by Crippen LogP contribution is 2.15. The van der Waals surface area contributed by atoms with Gasteiger partial charge in [0.25, 0.3) is 0 Å². The van der Waals surface area contributed by atoms with Crippen molar-refractivity contribution in [3.8, 4) is 0 Å². The number of oxazole rings is 1. The Hall–Kier alpha value is -1.55. The van der Waals surface area contributed by atoms with Gasteiger partial charge in [-0.15, -0.1) is 0 Å². The van der Waals surface area contributed by atoms with Crippen molar-refractivity contribution in [2.45, 2.75) is 19.3 Å². The Kier molecular flexibility index (Phi) is 3.64. The van der Waals surface area contributed by atoms with Gasteiger partial charge < -0.3 is 9.73 Å². The predicted molar refractivity (Wildman–Crippen MR) is 68.3 cm³/mol. The van der Waals surface area contributed by atoms with Crippen LogP contribution in [0.25, 0.3) is 11.1 Å². The summed E-state index contributed by atoms with van der Waals surface area (Å²) in [6.07, 6.45) is 3.33. The number of fused-ring (bicyclic) bond motifs is 1. The Morgan fingerprint density at radius 3 is 2.94 bits per heavy atom. The van der Waals surface area contributed by atoms with Gasteiger partial charge in [-0.2, -0.15) is 0 Å². The molecule has 0 bridgehead atoms. The van der Waals surface area contributed by atoms with Gasteiger partial charge in [-0.3, -0.25) is 4.57 Å². The van der Waals surface area contributed by atoms with Gasteiger partial charge in [-0.05, 0) is 50.6 Å². The summed E-state index contributed by atoms with van der Waals surface area (Å²) in [6, 6.07) is 5.99. The maximum Gasteiger partial charge on any atom is 0.419 e. The standard InChI is InChI=1S/C13H18N2O2/c1-14-8-4-3-5-10-6-7-11-12(9-10)17-13(16)15(11)2/h6-7,9,14H,3-5,8H2,1-2H3. The van der Waals surface area contributed by atoms with Gasteiger partial charge in [0, 0.05) is 7.05 Å². The Labute approximate surface area is 100 Å². The zero-order chi connectivity index (χ0) is 12.3. The molecule has 0 aliphatic carbocycles. The molecule has 4 nitrogen and oxygen atoms in total. The molecular weight excluding hydrogens is 216 g/mol. The fourth-order valence-corrected chi connectivity index (χ4v) is 1.96. The smallest absolute Gasteiger partial charge is 0.408 e. The van der Waals surface area contributed by atoms with Gasteiger partial charge in [0.15, 0.2) is 5.58 Å². The molecule has 1 aromatic heterocycles. The van der Waals surface area contributed by atoms with E-state index in [-0.39, 0.29) is 5.76 Å². The third-order valence-corrected chi connectivity index (χ3v) is 3.00. The summed E-state index contributed by atoms with van der Waals surface area (Å²) in [5.74, 6) is -0.299. The molecule has 92 valence electrons. The van der Waals surface area contributed by atoms with Crippen molar-refractivity contribution < 1.29 is 4.42 Å². The zero-order valence-corrected chi connectivity index (χ0v) is 10.3. The molecule has 1 aromatic carbocycles. The summed E-state index contributed by atoms with van der Waals surface area (Å²) in [4.78, 5) is 11.3. The van der Waals surface area contributed by atoms with Crippen LogP contribution >= 0.6 is 0 Å². The van der Waals surface area contributed by atoms with Crippen LogP contribution in [0, 0.1) is 0 Å². The molecule has 0 radical (unpaired) electrons. The monoisotopic (exact) mass is 234 g/mol. The van der Waals surface area contributed by atoms with Crippen LogP contribution < -0.4 is 11.1 Å². The minimum absolute atomic E-state index is 0.299. The van der Waals surface area contributed by atoms with Gasteiger partial charge in [0.1, 0.15) is 0 Å². The molecule has 0 unspecified atom stereocenters. The van der Waals surface area contributed by atoms with E-state index in [2.05, 4.69) is 11.4 Å². The van der Waals surface area contributed by atoms with E-state index >= 15 is 0 Å². The first-order chi connectivity index (χ1) is 8.22. The lowest BCUT2D eigenvalue weighted by molar-refractivity contribution is 0.527. The number of hydrogen-bond donors (Lipinski definition) is 1. The number of benzene rings is 1. The van der Waals surface area contributed by atoms with E-state index in [1.54, 1.807) is 7.05 Å². The summed E-state index contributed by atoms with van der Waals surface area (Å²) < 4.78 is 6.69. The minimum atomic E-state index is -0.299. The van der Waals surface area contributed by atoms with Gasteiger partial charge in [-0.1, -0.05) is 6.07 Å². The maximum atomic E-state index is 11.3. The number of nitrogens with zero attached hydrogens (tertiary/aromatic N) is 1. The van der Waals surface area contributed by atoms with Crippen molar-refractivity contribution in [2.75, 3.05) is 13.6 Å². The average molecular weight is 234 g/mol. The number of nitrogens with one attached hydrogen (secondary N) is 1. The highest BCUT2D eigenvalue weighted by molar-refractivity contribution is 5.73. The number of hydrogen-bond acceptors (Lipinski definition) is 3. The maximum absolute atomic E-state index is 11.3. The van der Waals surface area contributed by atoms with Gasteiger partial charge in [0.2, 0.25) is 0 Å². The molecule has 0 amide bonds. The molecule has 2 rings (SSSR count). The van der Waals surface area contributed by atoms with Crippen molar-refractivity contribution in [3.05, 3.63) is 34.3 Å². The SMILES string of the molecule is CNCCCCc1ccc2c(c1)oc(=O)n2C. The first-order valence-corrected chi connectivity index (χ1v) is 5.95. The summed E-state index contributed by atoms with van der Waals surface area (Å²) in [5, 5.41) is 3.13. The molecule has 0 spiro atoms. The van der Waals surface area contributed by atoms with Crippen LogP contribution in [0.4, 0.5) is 0 Å². The summed E-state index contributed by atoms with van der Waals surface area (Å²) in [7, 11) is 3.69. The van der Waals surface area contributed by atoms with Gasteiger partial charge >= 0.3 is 5.76 Å². The second kappa shape index (κ2) is 5.19. The first-order valence-electron chi connectivity index (χ1n) is 5.95. The summed E-state index contributed by atoms with van der Waals surface area (Å²) in [5.41, 5.74) is 2.76. The highest BCUT2D eigenvalue weighted by atomic mass is 16.4. The summed E-state index contributed by atoms with van der Waals surface area (Å²) in [6.45, 7) is 1.04. The van der Waals surface area contributed by atoms with E-state index in [1.165, 1.54) is 10.1 Å². The van der Waals surface area contributed by atoms with E-state index in [4.69, 9.17) is 4.42 Å². The fourth-order valence-electron chi connectivity index (χ4n) is 1.96. The van der Waals surface area contributed by atoms with Crippen molar-refractivity contribution >= 4 is 11.1 Å². The van der Waals surface area contributed by atoms with E-state index in [1.807, 2.05) is 19.2 Å². The van der Waals surface area contributed by atoms with Crippen LogP contribution in [0.2, 0.25) is 0 Å². The molecule has 0 saturated heterocycles. The number of aromatic nitrogens is 1. The molecule has 2 aromatic rings. The second-order valence-electron chi connectivity index (χ2n) is 4.29.